The van der Waals surface area contributed by atoms with Crippen LogP contribution >= 0.6 is 0 Å². The molecule has 0 fully saturated rings. The lowest BCUT2D eigenvalue weighted by atomic mass is 9.99. The van der Waals surface area contributed by atoms with Crippen molar-refractivity contribution in [3.05, 3.63) is 70.8 Å². The van der Waals surface area contributed by atoms with E-state index in [9.17, 15) is 18.7 Å². The molecule has 3 atom stereocenters. The van der Waals surface area contributed by atoms with E-state index in [1.807, 2.05) is 24.3 Å². The van der Waals surface area contributed by atoms with Crippen LogP contribution in [0.15, 0.2) is 42.5 Å². The summed E-state index contributed by atoms with van der Waals surface area (Å²) < 4.78 is 27.2. The van der Waals surface area contributed by atoms with Gasteiger partial charge in [-0.15, -0.1) is 0 Å². The highest BCUT2D eigenvalue weighted by Gasteiger charge is 2.23. The van der Waals surface area contributed by atoms with Gasteiger partial charge in [0.1, 0.15) is 11.6 Å². The molecule has 2 aromatic carbocycles. The van der Waals surface area contributed by atoms with Crippen LogP contribution in [0.1, 0.15) is 43.4 Å². The number of hydrogen-bond acceptors (Lipinski definition) is 4. The summed E-state index contributed by atoms with van der Waals surface area (Å²) in [5.41, 5.74) is 2.34. The van der Waals surface area contributed by atoms with Gasteiger partial charge in [-0.2, -0.15) is 0 Å². The van der Waals surface area contributed by atoms with E-state index in [2.05, 4.69) is 24.5 Å². The highest BCUT2D eigenvalue weighted by molar-refractivity contribution is 5.79. The summed E-state index contributed by atoms with van der Waals surface area (Å²) in [6.45, 7) is 5.94. The molecule has 0 saturated heterocycles. The summed E-state index contributed by atoms with van der Waals surface area (Å²) in [5, 5.41) is 25.5. The largest absolute Gasteiger partial charge is 0.395 e. The second-order valence-corrected chi connectivity index (χ2v) is 8.29. The number of rotatable bonds is 11. The Bertz CT molecular complexity index is 823. The summed E-state index contributed by atoms with van der Waals surface area (Å²) in [4.78, 5) is 12.6. The summed E-state index contributed by atoms with van der Waals surface area (Å²) in [6, 6.07) is 9.90. The van der Waals surface area contributed by atoms with Crippen molar-refractivity contribution in [1.29, 1.82) is 0 Å². The molecule has 1 amide bonds. The Kier molecular flexibility index (Phi) is 9.55. The van der Waals surface area contributed by atoms with Gasteiger partial charge in [0, 0.05) is 18.7 Å². The second-order valence-electron chi connectivity index (χ2n) is 8.29. The van der Waals surface area contributed by atoms with Crippen molar-refractivity contribution < 1.29 is 23.8 Å². The van der Waals surface area contributed by atoms with Crippen molar-refractivity contribution in [2.24, 2.45) is 0 Å². The fourth-order valence-electron chi connectivity index (χ4n) is 3.26. The van der Waals surface area contributed by atoms with E-state index in [1.165, 1.54) is 17.7 Å². The summed E-state index contributed by atoms with van der Waals surface area (Å²) >= 11 is 0. The molecule has 2 aromatic rings. The third-order valence-electron chi connectivity index (χ3n) is 5.15. The van der Waals surface area contributed by atoms with Gasteiger partial charge in [-0.05, 0) is 48.1 Å². The van der Waals surface area contributed by atoms with Gasteiger partial charge in [-0.25, -0.2) is 8.78 Å². The smallest absolute Gasteiger partial charge is 0.224 e. The SMILES string of the molecule is CC(CO)NC[C@@H](O)[C@H](Cc1cc(F)cc(F)c1)NC(=O)Cc1ccc(C(C)C)cc1. The Morgan fingerprint density at radius 3 is 2.16 bits per heavy atom. The van der Waals surface area contributed by atoms with Gasteiger partial charge in [0.15, 0.2) is 0 Å². The maximum atomic E-state index is 13.6. The Hall–Kier alpha value is -2.35. The first-order valence-corrected chi connectivity index (χ1v) is 10.5. The van der Waals surface area contributed by atoms with E-state index in [-0.39, 0.29) is 37.9 Å². The van der Waals surface area contributed by atoms with E-state index in [0.717, 1.165) is 11.6 Å². The number of carbonyl (C=O) groups excluding carboxylic acids is 1. The minimum absolute atomic E-state index is 0.0586. The van der Waals surface area contributed by atoms with Crippen LogP contribution in [0.2, 0.25) is 0 Å². The molecule has 0 bridgehead atoms. The van der Waals surface area contributed by atoms with Crippen LogP contribution in [0.25, 0.3) is 0 Å². The van der Waals surface area contributed by atoms with E-state index in [0.29, 0.717) is 11.5 Å². The number of hydrogen-bond donors (Lipinski definition) is 4. The Morgan fingerprint density at radius 2 is 1.61 bits per heavy atom. The summed E-state index contributed by atoms with van der Waals surface area (Å²) in [6.07, 6.45) is -0.838. The number of carbonyl (C=O) groups is 1. The van der Waals surface area contributed by atoms with Crippen molar-refractivity contribution in [2.75, 3.05) is 13.2 Å². The van der Waals surface area contributed by atoms with Gasteiger partial charge in [-0.3, -0.25) is 4.79 Å². The van der Waals surface area contributed by atoms with Crippen LogP contribution in [0.4, 0.5) is 8.78 Å². The van der Waals surface area contributed by atoms with E-state index in [1.54, 1.807) is 6.92 Å². The monoisotopic (exact) mass is 434 g/mol. The molecule has 170 valence electrons. The van der Waals surface area contributed by atoms with Crippen LogP contribution in [0.5, 0.6) is 0 Å². The minimum atomic E-state index is -1.02. The van der Waals surface area contributed by atoms with Gasteiger partial charge >= 0.3 is 0 Å². The number of aliphatic hydroxyl groups is 2. The average Bonchev–Trinajstić information content (AvgIpc) is 2.70. The molecule has 0 saturated carbocycles. The first kappa shape index (κ1) is 24.9. The van der Waals surface area contributed by atoms with E-state index < -0.39 is 23.8 Å². The van der Waals surface area contributed by atoms with Gasteiger partial charge in [-0.1, -0.05) is 38.1 Å². The molecule has 0 aliphatic rings. The molecule has 0 aliphatic carbocycles. The van der Waals surface area contributed by atoms with Crippen molar-refractivity contribution in [1.82, 2.24) is 10.6 Å². The van der Waals surface area contributed by atoms with Gasteiger partial charge in [0.25, 0.3) is 0 Å². The highest BCUT2D eigenvalue weighted by Crippen LogP contribution is 2.16. The quantitative estimate of drug-likeness (QED) is 0.438. The molecule has 0 aliphatic heterocycles. The zero-order valence-corrected chi connectivity index (χ0v) is 18.2. The lowest BCUT2D eigenvalue weighted by Gasteiger charge is -2.26. The normalized spacial score (nSPS) is 14.3. The lowest BCUT2D eigenvalue weighted by molar-refractivity contribution is -0.122. The second kappa shape index (κ2) is 11.9. The lowest BCUT2D eigenvalue weighted by Crippen LogP contribution is -2.50. The van der Waals surface area contributed by atoms with Crippen molar-refractivity contribution in [3.8, 4) is 0 Å². The molecule has 31 heavy (non-hydrogen) atoms. The Morgan fingerprint density at radius 1 is 1.00 bits per heavy atom. The molecular formula is C24H32F2N2O3. The zero-order chi connectivity index (χ0) is 23.0. The van der Waals surface area contributed by atoms with Crippen LogP contribution in [-0.2, 0) is 17.6 Å². The van der Waals surface area contributed by atoms with Crippen LogP contribution in [-0.4, -0.2) is 47.5 Å². The Balaban J connectivity index is 2.09. The first-order valence-electron chi connectivity index (χ1n) is 10.5. The number of nitrogens with one attached hydrogen (secondary N) is 2. The number of halogens is 2. The molecule has 5 nitrogen and oxygen atoms in total. The maximum absolute atomic E-state index is 13.6. The van der Waals surface area contributed by atoms with Gasteiger partial charge in [0.2, 0.25) is 5.91 Å². The fraction of sp³-hybridized carbons (Fsp3) is 0.458. The van der Waals surface area contributed by atoms with Crippen molar-refractivity contribution in [2.45, 2.75) is 57.7 Å². The zero-order valence-electron chi connectivity index (χ0n) is 18.2. The van der Waals surface area contributed by atoms with Crippen LogP contribution in [0, 0.1) is 11.6 Å². The van der Waals surface area contributed by atoms with E-state index in [4.69, 9.17) is 5.11 Å². The van der Waals surface area contributed by atoms with Crippen LogP contribution in [0.3, 0.4) is 0 Å². The molecule has 0 heterocycles. The van der Waals surface area contributed by atoms with Crippen molar-refractivity contribution >= 4 is 5.91 Å². The maximum Gasteiger partial charge on any atom is 0.224 e. The standard InChI is InChI=1S/C24H32F2N2O3/c1-15(2)19-6-4-17(5-7-19)11-24(31)28-22(23(30)13-27-16(3)14-29)10-18-8-20(25)12-21(26)9-18/h4-9,12,15-16,22-23,27,29-30H,10-11,13-14H2,1-3H3,(H,28,31)/t16?,22-,23+/m0/s1. The third-order valence-corrected chi connectivity index (χ3v) is 5.15. The third kappa shape index (κ3) is 8.36. The molecule has 7 heteroatoms. The van der Waals surface area contributed by atoms with Gasteiger partial charge < -0.3 is 20.8 Å². The number of benzene rings is 2. The fourth-order valence-corrected chi connectivity index (χ4v) is 3.26. The molecule has 0 aromatic heterocycles. The predicted octanol–water partition coefficient (Wildman–Crippen LogP) is 2.69. The number of amides is 1. The number of aliphatic hydroxyl groups excluding tert-OH is 2. The molecule has 0 spiro atoms. The molecule has 1 unspecified atom stereocenters. The molecule has 4 N–H and O–H groups in total. The summed E-state index contributed by atoms with van der Waals surface area (Å²) in [5.74, 6) is -1.34. The molecular weight excluding hydrogens is 402 g/mol. The highest BCUT2D eigenvalue weighted by atomic mass is 19.1. The van der Waals surface area contributed by atoms with Crippen molar-refractivity contribution in [3.63, 3.8) is 0 Å². The van der Waals surface area contributed by atoms with E-state index >= 15 is 0 Å². The molecule has 2 rings (SSSR count). The molecule has 0 radical (unpaired) electrons. The Labute approximate surface area is 182 Å². The first-order chi connectivity index (χ1) is 14.7. The predicted molar refractivity (Wildman–Crippen MR) is 117 cm³/mol. The topological polar surface area (TPSA) is 81.6 Å². The van der Waals surface area contributed by atoms with Gasteiger partial charge in [0.05, 0.1) is 25.2 Å². The van der Waals surface area contributed by atoms with Crippen LogP contribution < -0.4 is 10.6 Å². The average molecular weight is 435 g/mol. The minimum Gasteiger partial charge on any atom is -0.395 e. The summed E-state index contributed by atoms with van der Waals surface area (Å²) in [7, 11) is 0.